The molecule has 4 heteroatoms. The molecule has 3 N–H and O–H groups in total. The molecule has 0 radical (unpaired) electrons. The Kier molecular flexibility index (Phi) is 4.74. The highest BCUT2D eigenvalue weighted by molar-refractivity contribution is 5.94. The van der Waals surface area contributed by atoms with Crippen molar-refractivity contribution in [3.05, 3.63) is 65.7 Å². The second-order valence-corrected chi connectivity index (χ2v) is 4.59. The van der Waals surface area contributed by atoms with E-state index in [0.29, 0.717) is 12.0 Å². The lowest BCUT2D eigenvalue weighted by Gasteiger charge is -2.16. The molecule has 0 unspecified atom stereocenters. The highest BCUT2D eigenvalue weighted by Crippen LogP contribution is 2.10. The summed E-state index contributed by atoms with van der Waals surface area (Å²) in [6.07, 6.45) is 0.571. The molecule has 20 heavy (non-hydrogen) atoms. The van der Waals surface area contributed by atoms with E-state index in [4.69, 9.17) is 0 Å². The van der Waals surface area contributed by atoms with E-state index in [-0.39, 0.29) is 24.3 Å². The molecule has 0 aliphatic heterocycles. The van der Waals surface area contributed by atoms with E-state index in [9.17, 15) is 15.0 Å². The first-order chi connectivity index (χ1) is 9.69. The Balaban J connectivity index is 1.99. The summed E-state index contributed by atoms with van der Waals surface area (Å²) in [6.45, 7) is -0.126. The number of aliphatic hydroxyl groups excluding tert-OH is 1. The van der Waals surface area contributed by atoms with Gasteiger partial charge in [0.2, 0.25) is 0 Å². The van der Waals surface area contributed by atoms with E-state index in [1.807, 2.05) is 30.3 Å². The number of hydrogen-bond acceptors (Lipinski definition) is 3. The molecule has 0 saturated heterocycles. The van der Waals surface area contributed by atoms with Crippen LogP contribution < -0.4 is 5.32 Å². The number of benzene rings is 2. The fraction of sp³-hybridized carbons (Fsp3) is 0.188. The van der Waals surface area contributed by atoms with Gasteiger partial charge in [-0.1, -0.05) is 30.3 Å². The van der Waals surface area contributed by atoms with Crippen molar-refractivity contribution in [1.82, 2.24) is 5.32 Å². The van der Waals surface area contributed by atoms with E-state index in [1.54, 1.807) is 12.1 Å². The molecule has 104 valence electrons. The summed E-state index contributed by atoms with van der Waals surface area (Å²) >= 11 is 0. The van der Waals surface area contributed by atoms with Gasteiger partial charge in [0, 0.05) is 5.56 Å². The van der Waals surface area contributed by atoms with Gasteiger partial charge in [-0.15, -0.1) is 0 Å². The normalized spacial score (nSPS) is 11.8. The lowest BCUT2D eigenvalue weighted by molar-refractivity contribution is 0.0916. The minimum absolute atomic E-state index is 0.115. The molecular formula is C16H17NO3. The number of amides is 1. The molecule has 0 bridgehead atoms. The largest absolute Gasteiger partial charge is 0.508 e. The predicted molar refractivity (Wildman–Crippen MR) is 76.6 cm³/mol. The van der Waals surface area contributed by atoms with Gasteiger partial charge in [-0.2, -0.15) is 0 Å². The molecule has 0 aliphatic carbocycles. The van der Waals surface area contributed by atoms with Crippen LogP contribution in [0.25, 0.3) is 0 Å². The van der Waals surface area contributed by atoms with E-state index in [1.165, 1.54) is 12.1 Å². The third-order valence-electron chi connectivity index (χ3n) is 3.01. The van der Waals surface area contributed by atoms with Gasteiger partial charge in [-0.3, -0.25) is 4.79 Å². The van der Waals surface area contributed by atoms with Crippen LogP contribution in [0.5, 0.6) is 5.75 Å². The number of phenolic OH excluding ortho intramolecular Hbond substituents is 1. The average Bonchev–Trinajstić information content (AvgIpc) is 2.48. The van der Waals surface area contributed by atoms with E-state index in [0.717, 1.165) is 5.56 Å². The number of phenols is 1. The number of hydrogen-bond donors (Lipinski definition) is 3. The Morgan fingerprint density at radius 3 is 2.30 bits per heavy atom. The zero-order chi connectivity index (χ0) is 14.4. The lowest BCUT2D eigenvalue weighted by atomic mass is 10.1. The second-order valence-electron chi connectivity index (χ2n) is 4.59. The molecular weight excluding hydrogens is 254 g/mol. The van der Waals surface area contributed by atoms with E-state index < -0.39 is 0 Å². The topological polar surface area (TPSA) is 69.6 Å². The van der Waals surface area contributed by atoms with Crippen LogP contribution in [-0.2, 0) is 6.42 Å². The Morgan fingerprint density at radius 2 is 1.70 bits per heavy atom. The van der Waals surface area contributed by atoms with Gasteiger partial charge in [0.1, 0.15) is 5.75 Å². The lowest BCUT2D eigenvalue weighted by Crippen LogP contribution is -2.39. The van der Waals surface area contributed by atoms with Gasteiger partial charge in [-0.25, -0.2) is 0 Å². The van der Waals surface area contributed by atoms with Gasteiger partial charge in [0.25, 0.3) is 5.91 Å². The summed E-state index contributed by atoms with van der Waals surface area (Å²) in [5.74, 6) is -0.149. The molecule has 0 aliphatic rings. The van der Waals surface area contributed by atoms with Crippen molar-refractivity contribution >= 4 is 5.91 Å². The first kappa shape index (κ1) is 14.1. The molecule has 2 rings (SSSR count). The van der Waals surface area contributed by atoms with Crippen LogP contribution in [-0.4, -0.2) is 28.8 Å². The standard InChI is InChI=1S/C16H17NO3/c18-11-14(10-12-4-2-1-3-5-12)17-16(20)13-6-8-15(19)9-7-13/h1-9,14,18-19H,10-11H2,(H,17,20)/t14-/m1/s1. The first-order valence-corrected chi connectivity index (χ1v) is 6.43. The van der Waals surface area contributed by atoms with Crippen LogP contribution in [0, 0.1) is 0 Å². The Hall–Kier alpha value is -2.33. The summed E-state index contributed by atoms with van der Waals surface area (Å²) in [7, 11) is 0. The summed E-state index contributed by atoms with van der Waals surface area (Å²) in [6, 6.07) is 15.3. The number of carbonyl (C=O) groups is 1. The van der Waals surface area contributed by atoms with Crippen molar-refractivity contribution in [2.75, 3.05) is 6.61 Å². The minimum Gasteiger partial charge on any atom is -0.508 e. The number of nitrogens with one attached hydrogen (secondary N) is 1. The van der Waals surface area contributed by atoms with Gasteiger partial charge in [0.15, 0.2) is 0 Å². The van der Waals surface area contributed by atoms with Crippen molar-refractivity contribution < 1.29 is 15.0 Å². The van der Waals surface area contributed by atoms with Crippen LogP contribution in [0.1, 0.15) is 15.9 Å². The highest BCUT2D eigenvalue weighted by atomic mass is 16.3. The van der Waals surface area contributed by atoms with Crippen LogP contribution in [0.4, 0.5) is 0 Å². The summed E-state index contributed by atoms with van der Waals surface area (Å²) < 4.78 is 0. The number of aliphatic hydroxyl groups is 1. The van der Waals surface area contributed by atoms with E-state index in [2.05, 4.69) is 5.32 Å². The maximum Gasteiger partial charge on any atom is 0.251 e. The van der Waals surface area contributed by atoms with Gasteiger partial charge >= 0.3 is 0 Å². The zero-order valence-electron chi connectivity index (χ0n) is 11.0. The summed E-state index contributed by atoms with van der Waals surface area (Å²) in [5, 5.41) is 21.3. The molecule has 1 amide bonds. The first-order valence-electron chi connectivity index (χ1n) is 6.43. The summed E-state index contributed by atoms with van der Waals surface area (Å²) in [4.78, 5) is 12.0. The number of aromatic hydroxyl groups is 1. The van der Waals surface area contributed by atoms with Crippen LogP contribution >= 0.6 is 0 Å². The van der Waals surface area contributed by atoms with Crippen molar-refractivity contribution in [3.63, 3.8) is 0 Å². The smallest absolute Gasteiger partial charge is 0.251 e. The molecule has 1 atom stereocenters. The molecule has 0 spiro atoms. The molecule has 0 aromatic heterocycles. The Labute approximate surface area is 117 Å². The van der Waals surface area contributed by atoms with Gasteiger partial charge < -0.3 is 15.5 Å². The van der Waals surface area contributed by atoms with Crippen molar-refractivity contribution in [2.24, 2.45) is 0 Å². The van der Waals surface area contributed by atoms with Crippen LogP contribution in [0.15, 0.2) is 54.6 Å². The van der Waals surface area contributed by atoms with Crippen molar-refractivity contribution in [2.45, 2.75) is 12.5 Å². The zero-order valence-corrected chi connectivity index (χ0v) is 11.0. The molecule has 2 aromatic rings. The maximum absolute atomic E-state index is 12.0. The van der Waals surface area contributed by atoms with Crippen molar-refractivity contribution in [1.29, 1.82) is 0 Å². The monoisotopic (exact) mass is 271 g/mol. The van der Waals surface area contributed by atoms with Crippen molar-refractivity contribution in [3.8, 4) is 5.75 Å². The highest BCUT2D eigenvalue weighted by Gasteiger charge is 2.13. The third kappa shape index (κ3) is 3.83. The number of carbonyl (C=O) groups excluding carboxylic acids is 1. The van der Waals surface area contributed by atoms with Crippen LogP contribution in [0.2, 0.25) is 0 Å². The average molecular weight is 271 g/mol. The Bertz CT molecular complexity index is 552. The maximum atomic E-state index is 12.0. The molecule has 4 nitrogen and oxygen atoms in total. The third-order valence-corrected chi connectivity index (χ3v) is 3.01. The Morgan fingerprint density at radius 1 is 1.05 bits per heavy atom. The fourth-order valence-corrected chi connectivity index (χ4v) is 1.94. The van der Waals surface area contributed by atoms with Gasteiger partial charge in [0.05, 0.1) is 12.6 Å². The fourth-order valence-electron chi connectivity index (χ4n) is 1.94. The minimum atomic E-state index is -0.335. The number of rotatable bonds is 5. The SMILES string of the molecule is O=C(N[C@@H](CO)Cc1ccccc1)c1ccc(O)cc1. The molecule has 0 heterocycles. The van der Waals surface area contributed by atoms with Gasteiger partial charge in [-0.05, 0) is 36.2 Å². The molecule has 0 saturated carbocycles. The van der Waals surface area contributed by atoms with Crippen LogP contribution in [0.3, 0.4) is 0 Å². The summed E-state index contributed by atoms with van der Waals surface area (Å²) in [5.41, 5.74) is 1.51. The second kappa shape index (κ2) is 6.73. The quantitative estimate of drug-likeness (QED) is 0.775. The molecule has 2 aromatic carbocycles. The predicted octanol–water partition coefficient (Wildman–Crippen LogP) is 1.73. The molecule has 0 fully saturated rings. The van der Waals surface area contributed by atoms with E-state index >= 15 is 0 Å².